The fraction of sp³-hybridized carbons (Fsp3) is 0.231. The zero-order valence-electron chi connectivity index (χ0n) is 11.4. The van der Waals surface area contributed by atoms with E-state index < -0.39 is 5.97 Å². The van der Waals surface area contributed by atoms with E-state index in [1.165, 1.54) is 6.20 Å². The Kier molecular flexibility index (Phi) is 4.50. The lowest BCUT2D eigenvalue weighted by Gasteiger charge is -2.08. The summed E-state index contributed by atoms with van der Waals surface area (Å²) in [5.74, 6) is -0.947. The summed E-state index contributed by atoms with van der Waals surface area (Å²) in [6.45, 7) is 0.354. The van der Waals surface area contributed by atoms with E-state index in [2.05, 4.69) is 20.7 Å². The number of aromatic nitrogens is 3. The monoisotopic (exact) mass is 289 g/mol. The molecule has 0 aliphatic rings. The van der Waals surface area contributed by atoms with Gasteiger partial charge in [0.25, 0.3) is 0 Å². The number of pyridine rings is 1. The van der Waals surface area contributed by atoms with E-state index in [-0.39, 0.29) is 12.5 Å². The maximum absolute atomic E-state index is 11.7. The summed E-state index contributed by atoms with van der Waals surface area (Å²) in [5, 5.41) is 17.9. The van der Waals surface area contributed by atoms with Crippen molar-refractivity contribution in [3.05, 3.63) is 42.0 Å². The highest BCUT2D eigenvalue weighted by Gasteiger charge is 2.05. The summed E-state index contributed by atoms with van der Waals surface area (Å²) in [5.41, 5.74) is 1.80. The van der Waals surface area contributed by atoms with Crippen molar-refractivity contribution in [2.45, 2.75) is 13.0 Å². The van der Waals surface area contributed by atoms with Crippen molar-refractivity contribution in [2.75, 3.05) is 5.32 Å². The van der Waals surface area contributed by atoms with Gasteiger partial charge in [0.15, 0.2) is 0 Å². The van der Waals surface area contributed by atoms with Crippen LogP contribution in [-0.4, -0.2) is 31.9 Å². The van der Waals surface area contributed by atoms with Gasteiger partial charge in [0.05, 0.1) is 36.2 Å². The van der Waals surface area contributed by atoms with Gasteiger partial charge in [-0.1, -0.05) is 0 Å². The van der Waals surface area contributed by atoms with Crippen LogP contribution >= 0.6 is 0 Å². The summed E-state index contributed by atoms with van der Waals surface area (Å²) in [7, 11) is 1.79. The van der Waals surface area contributed by atoms with Crippen LogP contribution in [0.15, 0.2) is 30.6 Å². The number of aliphatic carboxylic acids is 1. The average molecular weight is 289 g/mol. The Morgan fingerprint density at radius 1 is 1.33 bits per heavy atom. The number of nitrogens with one attached hydrogen (secondary N) is 2. The Hall–Kier alpha value is -2.90. The Bertz CT molecular complexity index is 636. The number of carboxylic acids is 1. The van der Waals surface area contributed by atoms with Gasteiger partial charge in [0.2, 0.25) is 0 Å². The molecule has 0 saturated carbocycles. The SMILES string of the molecule is Cn1nccc1CNC(=O)Nc1ccc(CC(=O)O)nc1. The van der Waals surface area contributed by atoms with E-state index in [1.807, 2.05) is 6.07 Å². The lowest BCUT2D eigenvalue weighted by molar-refractivity contribution is -0.136. The van der Waals surface area contributed by atoms with E-state index in [0.717, 1.165) is 5.69 Å². The quantitative estimate of drug-likeness (QED) is 0.753. The second-order valence-electron chi connectivity index (χ2n) is 4.36. The van der Waals surface area contributed by atoms with Crippen LogP contribution in [0.25, 0.3) is 0 Å². The Morgan fingerprint density at radius 2 is 2.14 bits per heavy atom. The minimum Gasteiger partial charge on any atom is -0.481 e. The van der Waals surface area contributed by atoms with Crippen LogP contribution in [0.3, 0.4) is 0 Å². The highest BCUT2D eigenvalue weighted by atomic mass is 16.4. The van der Waals surface area contributed by atoms with E-state index >= 15 is 0 Å². The summed E-state index contributed by atoms with van der Waals surface area (Å²) < 4.78 is 1.67. The Labute approximate surface area is 120 Å². The molecule has 0 radical (unpaired) electrons. The number of hydrogen-bond donors (Lipinski definition) is 3. The minimum atomic E-state index is -0.947. The maximum atomic E-state index is 11.7. The highest BCUT2D eigenvalue weighted by molar-refractivity contribution is 5.88. The van der Waals surface area contributed by atoms with Gasteiger partial charge in [0, 0.05) is 13.2 Å². The standard InChI is InChI=1S/C13H15N5O3/c1-18-11(4-5-16-18)8-15-13(21)17-10-3-2-9(14-7-10)6-12(19)20/h2-5,7H,6,8H2,1H3,(H,19,20)(H2,15,17,21). The fourth-order valence-corrected chi connectivity index (χ4v) is 1.68. The number of aryl methyl sites for hydroxylation is 1. The molecule has 2 amide bonds. The van der Waals surface area contributed by atoms with Crippen molar-refractivity contribution in [3.8, 4) is 0 Å². The molecule has 2 heterocycles. The lowest BCUT2D eigenvalue weighted by Crippen LogP contribution is -2.29. The maximum Gasteiger partial charge on any atom is 0.319 e. The molecule has 8 nitrogen and oxygen atoms in total. The molecule has 2 aromatic rings. The Morgan fingerprint density at radius 3 is 2.71 bits per heavy atom. The number of hydrogen-bond acceptors (Lipinski definition) is 4. The number of carbonyl (C=O) groups is 2. The third-order valence-corrected chi connectivity index (χ3v) is 2.77. The smallest absolute Gasteiger partial charge is 0.319 e. The normalized spacial score (nSPS) is 10.1. The first-order valence-corrected chi connectivity index (χ1v) is 6.23. The summed E-state index contributed by atoms with van der Waals surface area (Å²) in [4.78, 5) is 26.2. The minimum absolute atomic E-state index is 0.146. The van der Waals surface area contributed by atoms with Gasteiger partial charge in [-0.25, -0.2) is 4.79 Å². The van der Waals surface area contributed by atoms with E-state index in [4.69, 9.17) is 5.11 Å². The largest absolute Gasteiger partial charge is 0.481 e. The molecule has 0 spiro atoms. The van der Waals surface area contributed by atoms with Gasteiger partial charge in [-0.2, -0.15) is 5.10 Å². The third kappa shape index (κ3) is 4.30. The second-order valence-corrected chi connectivity index (χ2v) is 4.36. The van der Waals surface area contributed by atoms with Gasteiger partial charge in [-0.15, -0.1) is 0 Å². The van der Waals surface area contributed by atoms with Crippen LogP contribution in [0.2, 0.25) is 0 Å². The van der Waals surface area contributed by atoms with Crippen molar-refractivity contribution in [3.63, 3.8) is 0 Å². The molecule has 0 unspecified atom stereocenters. The van der Waals surface area contributed by atoms with E-state index in [0.29, 0.717) is 17.9 Å². The predicted octanol–water partition coefficient (Wildman–Crippen LogP) is 0.764. The molecule has 3 N–H and O–H groups in total. The summed E-state index contributed by atoms with van der Waals surface area (Å²) in [6, 6.07) is 4.60. The van der Waals surface area contributed by atoms with Crippen molar-refractivity contribution < 1.29 is 14.7 Å². The molecule has 0 fully saturated rings. The number of urea groups is 1. The lowest BCUT2D eigenvalue weighted by atomic mass is 10.2. The fourth-order valence-electron chi connectivity index (χ4n) is 1.68. The average Bonchev–Trinajstić information content (AvgIpc) is 2.84. The summed E-state index contributed by atoms with van der Waals surface area (Å²) in [6.07, 6.45) is 2.93. The van der Waals surface area contributed by atoms with E-state index in [9.17, 15) is 9.59 Å². The molecule has 0 bridgehead atoms. The number of anilines is 1. The predicted molar refractivity (Wildman–Crippen MR) is 74.6 cm³/mol. The first-order chi connectivity index (χ1) is 10.0. The third-order valence-electron chi connectivity index (χ3n) is 2.77. The topological polar surface area (TPSA) is 109 Å². The summed E-state index contributed by atoms with van der Waals surface area (Å²) >= 11 is 0. The van der Waals surface area contributed by atoms with Gasteiger partial charge in [-0.3, -0.25) is 14.5 Å². The molecule has 0 atom stereocenters. The second kappa shape index (κ2) is 6.51. The number of nitrogens with zero attached hydrogens (tertiary/aromatic N) is 3. The van der Waals surface area contributed by atoms with Crippen molar-refractivity contribution in [1.82, 2.24) is 20.1 Å². The molecular formula is C13H15N5O3. The van der Waals surface area contributed by atoms with Crippen LogP contribution in [0.4, 0.5) is 10.5 Å². The number of carboxylic acid groups (broad SMARTS) is 1. The van der Waals surface area contributed by atoms with Crippen LogP contribution in [0.5, 0.6) is 0 Å². The van der Waals surface area contributed by atoms with E-state index in [1.54, 1.807) is 30.1 Å². The van der Waals surface area contributed by atoms with Crippen molar-refractivity contribution in [1.29, 1.82) is 0 Å². The Balaban J connectivity index is 1.85. The van der Waals surface area contributed by atoms with Crippen LogP contribution in [0.1, 0.15) is 11.4 Å². The molecular weight excluding hydrogens is 274 g/mol. The van der Waals surface area contributed by atoms with Gasteiger partial charge in [-0.05, 0) is 18.2 Å². The van der Waals surface area contributed by atoms with Gasteiger partial charge >= 0.3 is 12.0 Å². The molecule has 0 aliphatic heterocycles. The van der Waals surface area contributed by atoms with Crippen LogP contribution < -0.4 is 10.6 Å². The first kappa shape index (κ1) is 14.5. The number of amides is 2. The number of carbonyl (C=O) groups excluding carboxylic acids is 1. The highest BCUT2D eigenvalue weighted by Crippen LogP contribution is 2.06. The zero-order chi connectivity index (χ0) is 15.2. The first-order valence-electron chi connectivity index (χ1n) is 6.23. The van der Waals surface area contributed by atoms with Crippen LogP contribution in [-0.2, 0) is 24.8 Å². The molecule has 0 aliphatic carbocycles. The van der Waals surface area contributed by atoms with Gasteiger partial charge in [0.1, 0.15) is 0 Å². The molecule has 2 aromatic heterocycles. The zero-order valence-corrected chi connectivity index (χ0v) is 11.4. The molecule has 0 saturated heterocycles. The molecule has 2 rings (SSSR count). The number of rotatable bonds is 5. The molecule has 0 aromatic carbocycles. The molecule has 21 heavy (non-hydrogen) atoms. The molecule has 110 valence electrons. The molecule has 8 heteroatoms. The van der Waals surface area contributed by atoms with Crippen LogP contribution in [0, 0.1) is 0 Å². The van der Waals surface area contributed by atoms with Crippen molar-refractivity contribution in [2.24, 2.45) is 7.05 Å². The van der Waals surface area contributed by atoms with Gasteiger partial charge < -0.3 is 15.7 Å². The van der Waals surface area contributed by atoms with Crippen molar-refractivity contribution >= 4 is 17.7 Å².